The fourth-order valence-corrected chi connectivity index (χ4v) is 2.34. The van der Waals surface area contributed by atoms with Crippen LogP contribution in [0.2, 0.25) is 0 Å². The van der Waals surface area contributed by atoms with E-state index in [0.29, 0.717) is 6.04 Å². The average molecular weight is 242 g/mol. The molecule has 0 aliphatic rings. The second kappa shape index (κ2) is 12.4. The number of nitrogens with zero attached hydrogens (tertiary/aromatic N) is 1. The molecule has 0 rings (SSSR count). The Kier molecular flexibility index (Phi) is 12.3. The normalized spacial score (nSPS) is 13.2. The van der Waals surface area contributed by atoms with Gasteiger partial charge in [-0.1, -0.05) is 58.8 Å². The van der Waals surface area contributed by atoms with Crippen LogP contribution in [-0.4, -0.2) is 38.1 Å². The first-order chi connectivity index (χ1) is 8.20. The highest BCUT2D eigenvalue weighted by atomic mass is 15.1. The first-order valence-electron chi connectivity index (χ1n) is 7.58. The molecule has 1 unspecified atom stereocenters. The number of hydrogen-bond donors (Lipinski definition) is 1. The summed E-state index contributed by atoms with van der Waals surface area (Å²) < 4.78 is 0. The molecule has 0 amide bonds. The van der Waals surface area contributed by atoms with E-state index in [1.807, 2.05) is 0 Å². The second-order valence-electron chi connectivity index (χ2n) is 5.43. The van der Waals surface area contributed by atoms with E-state index >= 15 is 0 Å². The van der Waals surface area contributed by atoms with Crippen molar-refractivity contribution in [1.29, 1.82) is 0 Å². The van der Waals surface area contributed by atoms with Crippen LogP contribution < -0.4 is 5.32 Å². The Morgan fingerprint density at radius 2 is 1.47 bits per heavy atom. The van der Waals surface area contributed by atoms with Gasteiger partial charge in [0.1, 0.15) is 0 Å². The fraction of sp³-hybridized carbons (Fsp3) is 1.00. The molecule has 0 saturated carbocycles. The largest absolute Gasteiger partial charge is 0.313 e. The monoisotopic (exact) mass is 242 g/mol. The summed E-state index contributed by atoms with van der Waals surface area (Å²) in [5.74, 6) is 0. The molecule has 0 bridgehead atoms. The Bertz CT molecular complexity index is 146. The predicted molar refractivity (Wildman–Crippen MR) is 78.6 cm³/mol. The van der Waals surface area contributed by atoms with Gasteiger partial charge in [0, 0.05) is 12.6 Å². The molecule has 2 nitrogen and oxygen atoms in total. The molecule has 0 fully saturated rings. The Labute approximate surface area is 109 Å². The zero-order valence-electron chi connectivity index (χ0n) is 12.6. The van der Waals surface area contributed by atoms with Crippen molar-refractivity contribution < 1.29 is 0 Å². The van der Waals surface area contributed by atoms with Gasteiger partial charge in [0.2, 0.25) is 0 Å². The minimum absolute atomic E-state index is 0.686. The van der Waals surface area contributed by atoms with Crippen molar-refractivity contribution in [3.63, 3.8) is 0 Å². The lowest BCUT2D eigenvalue weighted by molar-refractivity contribution is 0.323. The summed E-state index contributed by atoms with van der Waals surface area (Å²) in [6.45, 7) is 6.74. The van der Waals surface area contributed by atoms with Crippen molar-refractivity contribution in [2.24, 2.45) is 0 Å². The van der Waals surface area contributed by atoms with Crippen LogP contribution in [0.25, 0.3) is 0 Å². The first-order valence-corrected chi connectivity index (χ1v) is 7.58. The van der Waals surface area contributed by atoms with Crippen LogP contribution in [0.5, 0.6) is 0 Å². The van der Waals surface area contributed by atoms with Gasteiger partial charge in [0.25, 0.3) is 0 Å². The van der Waals surface area contributed by atoms with E-state index in [-0.39, 0.29) is 0 Å². The van der Waals surface area contributed by atoms with Gasteiger partial charge in [-0.05, 0) is 27.1 Å². The smallest absolute Gasteiger partial charge is 0.0194 e. The second-order valence-corrected chi connectivity index (χ2v) is 5.43. The highest BCUT2D eigenvalue weighted by molar-refractivity contribution is 4.68. The lowest BCUT2D eigenvalue weighted by Gasteiger charge is -2.21. The molecule has 0 aromatic rings. The summed E-state index contributed by atoms with van der Waals surface area (Å²) >= 11 is 0. The Balaban J connectivity index is 3.40. The summed E-state index contributed by atoms with van der Waals surface area (Å²) in [5, 5.41) is 3.58. The maximum Gasteiger partial charge on any atom is 0.0194 e. The third kappa shape index (κ3) is 12.2. The summed E-state index contributed by atoms with van der Waals surface area (Å²) in [4.78, 5) is 2.29. The molecule has 17 heavy (non-hydrogen) atoms. The van der Waals surface area contributed by atoms with Crippen molar-refractivity contribution in [3.8, 4) is 0 Å². The maximum absolute atomic E-state index is 3.58. The molecule has 0 radical (unpaired) electrons. The molecule has 1 N–H and O–H groups in total. The van der Waals surface area contributed by atoms with E-state index in [1.54, 1.807) is 0 Å². The van der Waals surface area contributed by atoms with Crippen LogP contribution in [0.15, 0.2) is 0 Å². The van der Waals surface area contributed by atoms with E-state index in [2.05, 4.69) is 38.2 Å². The van der Waals surface area contributed by atoms with Crippen LogP contribution >= 0.6 is 0 Å². The standard InChI is InChI=1S/C15H34N2/c1-5-7-8-9-10-11-12-13-15(16-6-2)14-17(3)4/h15-16H,5-14H2,1-4H3. The van der Waals surface area contributed by atoms with Crippen molar-refractivity contribution in [3.05, 3.63) is 0 Å². The molecular formula is C15H34N2. The Morgan fingerprint density at radius 1 is 0.882 bits per heavy atom. The zero-order valence-corrected chi connectivity index (χ0v) is 12.6. The molecule has 0 saturated heterocycles. The SMILES string of the molecule is CCCCCCCCCC(CN(C)C)NCC. The van der Waals surface area contributed by atoms with Gasteiger partial charge in [-0.2, -0.15) is 0 Å². The van der Waals surface area contributed by atoms with E-state index < -0.39 is 0 Å². The minimum Gasteiger partial charge on any atom is -0.313 e. The van der Waals surface area contributed by atoms with Crippen molar-refractivity contribution in [2.45, 2.75) is 71.3 Å². The number of likely N-dealkylation sites (N-methyl/N-ethyl adjacent to an activating group) is 2. The maximum atomic E-state index is 3.58. The number of rotatable bonds is 12. The third-order valence-electron chi connectivity index (χ3n) is 3.23. The minimum atomic E-state index is 0.686. The van der Waals surface area contributed by atoms with Crippen LogP contribution in [0.4, 0.5) is 0 Å². The van der Waals surface area contributed by atoms with Crippen LogP contribution in [0.1, 0.15) is 65.2 Å². The zero-order chi connectivity index (χ0) is 12.9. The molecule has 0 heterocycles. The van der Waals surface area contributed by atoms with Crippen LogP contribution in [0.3, 0.4) is 0 Å². The summed E-state index contributed by atoms with van der Waals surface area (Å²) in [6, 6.07) is 0.686. The summed E-state index contributed by atoms with van der Waals surface area (Å²) in [6.07, 6.45) is 11.2. The predicted octanol–water partition coefficient (Wildman–Crippen LogP) is 3.67. The number of nitrogens with one attached hydrogen (secondary N) is 1. The Hall–Kier alpha value is -0.0800. The quantitative estimate of drug-likeness (QED) is 0.525. The van der Waals surface area contributed by atoms with Crippen molar-refractivity contribution in [1.82, 2.24) is 10.2 Å². The number of hydrogen-bond acceptors (Lipinski definition) is 2. The highest BCUT2D eigenvalue weighted by Crippen LogP contribution is 2.10. The van der Waals surface area contributed by atoms with Crippen molar-refractivity contribution in [2.75, 3.05) is 27.2 Å². The molecule has 0 aliphatic heterocycles. The van der Waals surface area contributed by atoms with E-state index in [1.165, 1.54) is 57.9 Å². The number of unbranched alkanes of at least 4 members (excludes halogenated alkanes) is 6. The van der Waals surface area contributed by atoms with Gasteiger partial charge in [0.15, 0.2) is 0 Å². The van der Waals surface area contributed by atoms with Gasteiger partial charge >= 0.3 is 0 Å². The average Bonchev–Trinajstić information content (AvgIpc) is 2.27. The fourth-order valence-electron chi connectivity index (χ4n) is 2.34. The van der Waals surface area contributed by atoms with E-state index in [4.69, 9.17) is 0 Å². The van der Waals surface area contributed by atoms with E-state index in [0.717, 1.165) is 6.54 Å². The van der Waals surface area contributed by atoms with Gasteiger partial charge in [-0.3, -0.25) is 0 Å². The van der Waals surface area contributed by atoms with Gasteiger partial charge in [-0.25, -0.2) is 0 Å². The molecule has 0 aliphatic carbocycles. The highest BCUT2D eigenvalue weighted by Gasteiger charge is 2.07. The van der Waals surface area contributed by atoms with E-state index in [9.17, 15) is 0 Å². The van der Waals surface area contributed by atoms with Crippen molar-refractivity contribution >= 4 is 0 Å². The molecule has 0 aromatic heterocycles. The van der Waals surface area contributed by atoms with Gasteiger partial charge < -0.3 is 10.2 Å². The molecule has 0 aromatic carbocycles. The lowest BCUT2D eigenvalue weighted by atomic mass is 10.0. The lowest BCUT2D eigenvalue weighted by Crippen LogP contribution is -2.38. The third-order valence-corrected chi connectivity index (χ3v) is 3.23. The topological polar surface area (TPSA) is 15.3 Å². The summed E-state index contributed by atoms with van der Waals surface area (Å²) in [7, 11) is 4.32. The molecule has 2 heteroatoms. The summed E-state index contributed by atoms with van der Waals surface area (Å²) in [5.41, 5.74) is 0. The Morgan fingerprint density at radius 3 is 2.00 bits per heavy atom. The van der Waals surface area contributed by atoms with Crippen LogP contribution in [-0.2, 0) is 0 Å². The van der Waals surface area contributed by atoms with Crippen LogP contribution in [0, 0.1) is 0 Å². The molecule has 1 atom stereocenters. The van der Waals surface area contributed by atoms with Gasteiger partial charge in [0.05, 0.1) is 0 Å². The van der Waals surface area contributed by atoms with Gasteiger partial charge in [-0.15, -0.1) is 0 Å². The molecule has 104 valence electrons. The first kappa shape index (κ1) is 16.9. The molecular weight excluding hydrogens is 208 g/mol. The molecule has 0 spiro atoms.